The van der Waals surface area contributed by atoms with Crippen molar-refractivity contribution < 1.29 is 9.21 Å². The van der Waals surface area contributed by atoms with Crippen LogP contribution >= 0.6 is 0 Å². The minimum absolute atomic E-state index is 0.276. The molecular formula is C21H16N4O2. The molecule has 0 bridgehead atoms. The Morgan fingerprint density at radius 2 is 1.67 bits per heavy atom. The Bertz CT molecular complexity index is 1000. The molecule has 4 rings (SSSR count). The number of pyridine rings is 1. The summed E-state index contributed by atoms with van der Waals surface area (Å²) in [7, 11) is 0. The minimum Gasteiger partial charge on any atom is -0.467 e. The third-order valence-corrected chi connectivity index (χ3v) is 4.09. The molecule has 1 atom stereocenters. The summed E-state index contributed by atoms with van der Waals surface area (Å²) in [5.74, 6) is 0.921. The van der Waals surface area contributed by atoms with E-state index in [2.05, 4.69) is 20.3 Å². The van der Waals surface area contributed by atoms with Gasteiger partial charge in [-0.2, -0.15) is 0 Å². The number of aromatic nitrogens is 3. The second-order valence-corrected chi connectivity index (χ2v) is 5.86. The van der Waals surface area contributed by atoms with E-state index >= 15 is 0 Å². The Morgan fingerprint density at radius 1 is 0.926 bits per heavy atom. The average molecular weight is 356 g/mol. The van der Waals surface area contributed by atoms with Crippen LogP contribution in [0.25, 0.3) is 11.4 Å². The molecule has 3 heterocycles. The van der Waals surface area contributed by atoms with Crippen LogP contribution < -0.4 is 5.32 Å². The van der Waals surface area contributed by atoms with Gasteiger partial charge in [-0.1, -0.05) is 30.3 Å². The molecular weight excluding hydrogens is 340 g/mol. The number of furan rings is 1. The first-order valence-corrected chi connectivity index (χ1v) is 8.43. The summed E-state index contributed by atoms with van der Waals surface area (Å²) in [5.41, 5.74) is 2.14. The predicted octanol–water partition coefficient (Wildman–Crippen LogP) is 3.65. The third kappa shape index (κ3) is 3.74. The Morgan fingerprint density at radius 3 is 2.33 bits per heavy atom. The molecule has 0 spiro atoms. The molecule has 132 valence electrons. The molecule has 0 aliphatic carbocycles. The lowest BCUT2D eigenvalue weighted by Crippen LogP contribution is -2.29. The molecule has 0 aliphatic heterocycles. The van der Waals surface area contributed by atoms with Crippen molar-refractivity contribution in [2.45, 2.75) is 6.04 Å². The van der Waals surface area contributed by atoms with Gasteiger partial charge in [0.05, 0.1) is 11.8 Å². The zero-order valence-electron chi connectivity index (χ0n) is 14.3. The van der Waals surface area contributed by atoms with Crippen molar-refractivity contribution in [3.8, 4) is 11.4 Å². The monoisotopic (exact) mass is 356 g/mol. The van der Waals surface area contributed by atoms with Gasteiger partial charge < -0.3 is 9.73 Å². The van der Waals surface area contributed by atoms with Crippen molar-refractivity contribution in [1.82, 2.24) is 20.3 Å². The van der Waals surface area contributed by atoms with Crippen LogP contribution in [0.5, 0.6) is 0 Å². The smallest absolute Gasteiger partial charge is 0.255 e. The molecule has 0 saturated heterocycles. The number of carbonyl (C=O) groups is 1. The lowest BCUT2D eigenvalue weighted by Gasteiger charge is -2.17. The molecule has 0 aliphatic rings. The maximum atomic E-state index is 12.7. The summed E-state index contributed by atoms with van der Waals surface area (Å²) < 4.78 is 5.51. The average Bonchev–Trinajstić information content (AvgIpc) is 3.28. The van der Waals surface area contributed by atoms with E-state index in [1.807, 2.05) is 48.5 Å². The van der Waals surface area contributed by atoms with Crippen molar-refractivity contribution in [2.75, 3.05) is 0 Å². The maximum Gasteiger partial charge on any atom is 0.255 e. The highest BCUT2D eigenvalue weighted by Crippen LogP contribution is 2.23. The predicted molar refractivity (Wildman–Crippen MR) is 99.7 cm³/mol. The summed E-state index contributed by atoms with van der Waals surface area (Å²) in [6.07, 6.45) is 7.97. The van der Waals surface area contributed by atoms with E-state index in [4.69, 9.17) is 4.42 Å². The first-order valence-electron chi connectivity index (χ1n) is 8.43. The number of rotatable bonds is 5. The molecule has 0 unspecified atom stereocenters. The van der Waals surface area contributed by atoms with Gasteiger partial charge in [-0.25, -0.2) is 9.97 Å². The number of hydrogen-bond acceptors (Lipinski definition) is 5. The van der Waals surface area contributed by atoms with E-state index < -0.39 is 6.04 Å². The molecule has 4 aromatic rings. The van der Waals surface area contributed by atoms with Crippen LogP contribution in [-0.2, 0) is 0 Å². The van der Waals surface area contributed by atoms with Gasteiger partial charge in [-0.3, -0.25) is 9.78 Å². The first-order chi connectivity index (χ1) is 13.3. The standard InChI is InChI=1S/C21H16N4O2/c26-21(17-13-23-20(24-14-17)16-8-10-22-11-9-16)25-19(18-7-4-12-27-18)15-5-2-1-3-6-15/h1-14,19H,(H,25,26)/t19-/m0/s1. The van der Waals surface area contributed by atoms with Gasteiger partial charge in [-0.05, 0) is 29.8 Å². The third-order valence-electron chi connectivity index (χ3n) is 4.09. The van der Waals surface area contributed by atoms with Crippen molar-refractivity contribution in [3.05, 3.63) is 103 Å². The number of hydrogen-bond donors (Lipinski definition) is 1. The molecule has 1 aromatic carbocycles. The molecule has 0 saturated carbocycles. The molecule has 6 nitrogen and oxygen atoms in total. The maximum absolute atomic E-state index is 12.7. The zero-order chi connectivity index (χ0) is 18.5. The summed E-state index contributed by atoms with van der Waals surface area (Å²) in [5, 5.41) is 2.99. The highest BCUT2D eigenvalue weighted by atomic mass is 16.3. The van der Waals surface area contributed by atoms with Crippen LogP contribution in [-0.4, -0.2) is 20.9 Å². The molecule has 3 aromatic heterocycles. The van der Waals surface area contributed by atoms with Gasteiger partial charge >= 0.3 is 0 Å². The van der Waals surface area contributed by atoms with E-state index in [0.29, 0.717) is 17.1 Å². The summed E-state index contributed by atoms with van der Waals surface area (Å²) in [6, 6.07) is 16.5. The number of amides is 1. The zero-order valence-corrected chi connectivity index (χ0v) is 14.3. The normalized spacial score (nSPS) is 11.7. The van der Waals surface area contributed by atoms with Crippen LogP contribution in [0.2, 0.25) is 0 Å². The largest absolute Gasteiger partial charge is 0.467 e. The van der Waals surface area contributed by atoms with E-state index in [0.717, 1.165) is 11.1 Å². The number of benzene rings is 1. The molecule has 1 amide bonds. The Labute approximate surface area is 155 Å². The Hall–Kier alpha value is -3.80. The van der Waals surface area contributed by atoms with Crippen LogP contribution in [0.1, 0.15) is 27.7 Å². The summed E-state index contributed by atoms with van der Waals surface area (Å²) in [4.78, 5) is 25.3. The fraction of sp³-hybridized carbons (Fsp3) is 0.0476. The lowest BCUT2D eigenvalue weighted by molar-refractivity contribution is 0.0938. The van der Waals surface area contributed by atoms with Gasteiger partial charge in [0.2, 0.25) is 0 Å². The van der Waals surface area contributed by atoms with Gasteiger partial charge in [0, 0.05) is 30.4 Å². The van der Waals surface area contributed by atoms with Crippen LogP contribution in [0.15, 0.2) is 90.1 Å². The number of nitrogens with one attached hydrogen (secondary N) is 1. The van der Waals surface area contributed by atoms with Gasteiger partial charge in [0.1, 0.15) is 11.8 Å². The van der Waals surface area contributed by atoms with Gasteiger partial charge in [-0.15, -0.1) is 0 Å². The quantitative estimate of drug-likeness (QED) is 0.590. The van der Waals surface area contributed by atoms with E-state index in [1.54, 1.807) is 24.7 Å². The topological polar surface area (TPSA) is 80.9 Å². The van der Waals surface area contributed by atoms with Crippen molar-refractivity contribution in [2.24, 2.45) is 0 Å². The number of carbonyl (C=O) groups excluding carboxylic acids is 1. The van der Waals surface area contributed by atoms with Crippen LogP contribution in [0.3, 0.4) is 0 Å². The summed E-state index contributed by atoms with van der Waals surface area (Å²) in [6.45, 7) is 0. The van der Waals surface area contributed by atoms with Crippen LogP contribution in [0.4, 0.5) is 0 Å². The van der Waals surface area contributed by atoms with Gasteiger partial charge in [0.25, 0.3) is 5.91 Å². The van der Waals surface area contributed by atoms with Crippen molar-refractivity contribution in [1.29, 1.82) is 0 Å². The molecule has 6 heteroatoms. The van der Waals surface area contributed by atoms with E-state index in [1.165, 1.54) is 12.4 Å². The Balaban J connectivity index is 1.56. The fourth-order valence-corrected chi connectivity index (χ4v) is 2.73. The second-order valence-electron chi connectivity index (χ2n) is 5.86. The Kier molecular flexibility index (Phi) is 4.70. The number of nitrogens with zero attached hydrogens (tertiary/aromatic N) is 3. The first kappa shape index (κ1) is 16.7. The summed E-state index contributed by atoms with van der Waals surface area (Å²) >= 11 is 0. The molecule has 27 heavy (non-hydrogen) atoms. The molecule has 0 fully saturated rings. The second kappa shape index (κ2) is 7.61. The van der Waals surface area contributed by atoms with Crippen molar-refractivity contribution >= 4 is 5.91 Å². The highest BCUT2D eigenvalue weighted by Gasteiger charge is 2.20. The minimum atomic E-state index is -0.395. The highest BCUT2D eigenvalue weighted by molar-refractivity contribution is 5.94. The lowest BCUT2D eigenvalue weighted by atomic mass is 10.0. The molecule has 0 radical (unpaired) electrons. The van der Waals surface area contributed by atoms with Crippen molar-refractivity contribution in [3.63, 3.8) is 0 Å². The SMILES string of the molecule is O=C(N[C@@H](c1ccccc1)c1ccco1)c1cnc(-c2ccncc2)nc1. The fourth-order valence-electron chi connectivity index (χ4n) is 2.73. The molecule has 1 N–H and O–H groups in total. The van der Waals surface area contributed by atoms with E-state index in [9.17, 15) is 4.79 Å². The van der Waals surface area contributed by atoms with Gasteiger partial charge in [0.15, 0.2) is 5.82 Å². The van der Waals surface area contributed by atoms with E-state index in [-0.39, 0.29) is 5.91 Å². The van der Waals surface area contributed by atoms with Crippen LogP contribution in [0, 0.1) is 0 Å².